The summed E-state index contributed by atoms with van der Waals surface area (Å²) in [7, 11) is 2.03. The summed E-state index contributed by atoms with van der Waals surface area (Å²) in [5.74, 6) is 0. The minimum absolute atomic E-state index is 0.544. The van der Waals surface area contributed by atoms with Crippen LogP contribution in [0.15, 0.2) is 0 Å². The molecule has 0 aliphatic carbocycles. The van der Waals surface area contributed by atoms with Gasteiger partial charge < -0.3 is 5.32 Å². The van der Waals surface area contributed by atoms with E-state index in [-0.39, 0.29) is 0 Å². The highest BCUT2D eigenvalue weighted by Gasteiger charge is 2.31. The second kappa shape index (κ2) is 3.75. The minimum atomic E-state index is 0.544. The first-order valence-corrected chi connectivity index (χ1v) is 4.94. The fourth-order valence-corrected chi connectivity index (χ4v) is 1.95. The Morgan fingerprint density at radius 2 is 2.17 bits per heavy atom. The summed E-state index contributed by atoms with van der Waals surface area (Å²) in [6, 6.07) is 0.691. The predicted octanol–water partition coefficient (Wildman–Crippen LogP) is 1.33. The fourth-order valence-electron chi connectivity index (χ4n) is 1.95. The van der Waals surface area contributed by atoms with Crippen molar-refractivity contribution in [2.75, 3.05) is 26.7 Å². The number of nitrogens with one attached hydrogen (secondary N) is 1. The van der Waals surface area contributed by atoms with E-state index in [9.17, 15) is 0 Å². The predicted molar refractivity (Wildman–Crippen MR) is 53.4 cm³/mol. The molecule has 0 radical (unpaired) electrons. The number of likely N-dealkylation sites (tertiary alicyclic amines) is 1. The third-order valence-electron chi connectivity index (χ3n) is 2.83. The molecule has 2 nitrogen and oxygen atoms in total. The Morgan fingerprint density at radius 1 is 1.50 bits per heavy atom. The first-order valence-electron chi connectivity index (χ1n) is 4.94. The molecule has 1 unspecified atom stereocenters. The summed E-state index contributed by atoms with van der Waals surface area (Å²) in [6.07, 6.45) is 1.35. The van der Waals surface area contributed by atoms with Crippen molar-refractivity contribution < 1.29 is 0 Å². The molecule has 0 aromatic heterocycles. The van der Waals surface area contributed by atoms with Gasteiger partial charge in [0.1, 0.15) is 0 Å². The van der Waals surface area contributed by atoms with Crippen molar-refractivity contribution >= 4 is 0 Å². The lowest BCUT2D eigenvalue weighted by atomic mass is 9.93. The van der Waals surface area contributed by atoms with Crippen LogP contribution in [-0.2, 0) is 0 Å². The Hall–Kier alpha value is -0.0800. The molecule has 1 atom stereocenters. The van der Waals surface area contributed by atoms with Crippen LogP contribution in [0.2, 0.25) is 0 Å². The smallest absolute Gasteiger partial charge is 0.0192 e. The monoisotopic (exact) mass is 170 g/mol. The van der Waals surface area contributed by atoms with Crippen molar-refractivity contribution in [3.63, 3.8) is 0 Å². The zero-order valence-electron chi connectivity index (χ0n) is 8.85. The number of hydrogen-bond acceptors (Lipinski definition) is 2. The number of nitrogens with zero attached hydrogens (tertiary/aromatic N) is 1. The zero-order valence-corrected chi connectivity index (χ0v) is 8.85. The third-order valence-corrected chi connectivity index (χ3v) is 2.83. The third kappa shape index (κ3) is 2.46. The molecule has 0 aromatic rings. The topological polar surface area (TPSA) is 15.3 Å². The van der Waals surface area contributed by atoms with Crippen molar-refractivity contribution in [3.05, 3.63) is 0 Å². The first kappa shape index (κ1) is 10.0. The van der Waals surface area contributed by atoms with Gasteiger partial charge in [-0.2, -0.15) is 0 Å². The highest BCUT2D eigenvalue weighted by atomic mass is 15.2. The Labute approximate surface area is 76.3 Å². The van der Waals surface area contributed by atoms with Crippen LogP contribution in [0.25, 0.3) is 0 Å². The van der Waals surface area contributed by atoms with E-state index in [4.69, 9.17) is 0 Å². The Bertz CT molecular complexity index is 143. The number of rotatable bonds is 3. The molecule has 0 bridgehead atoms. The van der Waals surface area contributed by atoms with Crippen molar-refractivity contribution in [1.82, 2.24) is 10.2 Å². The molecule has 12 heavy (non-hydrogen) atoms. The van der Waals surface area contributed by atoms with Crippen LogP contribution in [0.4, 0.5) is 0 Å². The Kier molecular flexibility index (Phi) is 3.13. The molecule has 0 aromatic carbocycles. The molecule has 0 amide bonds. The van der Waals surface area contributed by atoms with Gasteiger partial charge >= 0.3 is 0 Å². The van der Waals surface area contributed by atoms with Gasteiger partial charge in [0.25, 0.3) is 0 Å². The van der Waals surface area contributed by atoms with E-state index in [0.29, 0.717) is 11.5 Å². The maximum Gasteiger partial charge on any atom is 0.0192 e. The summed E-state index contributed by atoms with van der Waals surface area (Å²) < 4.78 is 0. The molecular weight excluding hydrogens is 148 g/mol. The van der Waals surface area contributed by atoms with E-state index in [0.717, 1.165) is 6.54 Å². The van der Waals surface area contributed by atoms with Gasteiger partial charge in [-0.3, -0.25) is 4.90 Å². The molecule has 1 aliphatic heterocycles. The van der Waals surface area contributed by atoms with Crippen LogP contribution in [-0.4, -0.2) is 37.6 Å². The largest absolute Gasteiger partial charge is 0.318 e. The van der Waals surface area contributed by atoms with Crippen LogP contribution in [0.1, 0.15) is 27.2 Å². The van der Waals surface area contributed by atoms with Gasteiger partial charge in [-0.25, -0.2) is 0 Å². The number of likely N-dealkylation sites (N-methyl/N-ethyl adjacent to an activating group) is 1. The lowest BCUT2D eigenvalue weighted by Gasteiger charge is -2.25. The lowest BCUT2D eigenvalue weighted by Crippen LogP contribution is -2.38. The van der Waals surface area contributed by atoms with Gasteiger partial charge in [0, 0.05) is 19.1 Å². The average molecular weight is 170 g/mol. The van der Waals surface area contributed by atoms with Crippen LogP contribution in [0.5, 0.6) is 0 Å². The summed E-state index contributed by atoms with van der Waals surface area (Å²) in [4.78, 5) is 2.58. The molecular formula is C10H22N2. The molecule has 1 rings (SSSR count). The first-order chi connectivity index (χ1) is 5.55. The molecule has 2 heteroatoms. The Morgan fingerprint density at radius 3 is 2.58 bits per heavy atom. The number of hydrogen-bond donors (Lipinski definition) is 1. The highest BCUT2D eigenvalue weighted by molar-refractivity contribution is 4.85. The Balaban J connectivity index is 2.36. The van der Waals surface area contributed by atoms with E-state index in [1.165, 1.54) is 19.5 Å². The second-order valence-corrected chi connectivity index (χ2v) is 4.79. The molecule has 1 saturated heterocycles. The highest BCUT2D eigenvalue weighted by Crippen LogP contribution is 2.29. The molecule has 1 N–H and O–H groups in total. The average Bonchev–Trinajstić information content (AvgIpc) is 2.31. The van der Waals surface area contributed by atoms with Gasteiger partial charge in [-0.05, 0) is 32.4 Å². The van der Waals surface area contributed by atoms with Crippen LogP contribution in [0, 0.1) is 5.41 Å². The summed E-state index contributed by atoms with van der Waals surface area (Å²) in [5, 5.41) is 3.23. The summed E-state index contributed by atoms with van der Waals surface area (Å²) in [6.45, 7) is 10.7. The quantitative estimate of drug-likeness (QED) is 0.687. The van der Waals surface area contributed by atoms with Gasteiger partial charge in [0.15, 0.2) is 0 Å². The van der Waals surface area contributed by atoms with E-state index >= 15 is 0 Å². The van der Waals surface area contributed by atoms with E-state index in [1.54, 1.807) is 0 Å². The van der Waals surface area contributed by atoms with Crippen LogP contribution in [0.3, 0.4) is 0 Å². The summed E-state index contributed by atoms with van der Waals surface area (Å²) >= 11 is 0. The van der Waals surface area contributed by atoms with E-state index in [1.807, 2.05) is 7.05 Å². The SMILES string of the molecule is CNCC(C)N1CCC(C)(C)C1. The normalized spacial score (nSPS) is 26.0. The molecule has 72 valence electrons. The standard InChI is InChI=1S/C10H22N2/c1-9(7-11-4)12-6-5-10(2,3)8-12/h9,11H,5-8H2,1-4H3. The van der Waals surface area contributed by atoms with Crippen molar-refractivity contribution in [2.24, 2.45) is 5.41 Å². The van der Waals surface area contributed by atoms with Crippen LogP contribution < -0.4 is 5.32 Å². The molecule has 1 heterocycles. The summed E-state index contributed by atoms with van der Waals surface area (Å²) in [5.41, 5.74) is 0.544. The van der Waals surface area contributed by atoms with Gasteiger partial charge in [0.2, 0.25) is 0 Å². The van der Waals surface area contributed by atoms with Gasteiger partial charge in [-0.15, -0.1) is 0 Å². The van der Waals surface area contributed by atoms with Crippen LogP contribution >= 0.6 is 0 Å². The van der Waals surface area contributed by atoms with Crippen molar-refractivity contribution in [2.45, 2.75) is 33.2 Å². The maximum atomic E-state index is 3.23. The molecule has 0 spiro atoms. The van der Waals surface area contributed by atoms with Crippen molar-refractivity contribution in [1.29, 1.82) is 0 Å². The van der Waals surface area contributed by atoms with Gasteiger partial charge in [-0.1, -0.05) is 13.8 Å². The zero-order chi connectivity index (χ0) is 9.19. The van der Waals surface area contributed by atoms with Gasteiger partial charge in [0.05, 0.1) is 0 Å². The molecule has 1 fully saturated rings. The fraction of sp³-hybridized carbons (Fsp3) is 1.00. The maximum absolute atomic E-state index is 3.23. The lowest BCUT2D eigenvalue weighted by molar-refractivity contribution is 0.228. The second-order valence-electron chi connectivity index (χ2n) is 4.79. The van der Waals surface area contributed by atoms with E-state index < -0.39 is 0 Å². The molecule has 1 aliphatic rings. The van der Waals surface area contributed by atoms with E-state index in [2.05, 4.69) is 31.0 Å². The van der Waals surface area contributed by atoms with Crippen molar-refractivity contribution in [3.8, 4) is 0 Å². The molecule has 0 saturated carbocycles. The minimum Gasteiger partial charge on any atom is -0.318 e.